The highest BCUT2D eigenvalue weighted by Crippen LogP contribution is 2.37. The van der Waals surface area contributed by atoms with E-state index in [1.165, 1.54) is 14.2 Å². The molecule has 4 aromatic rings. The van der Waals surface area contributed by atoms with Crippen molar-refractivity contribution in [2.75, 3.05) is 27.3 Å². The van der Waals surface area contributed by atoms with Gasteiger partial charge in [-0.15, -0.1) is 0 Å². The molecule has 2 aromatic heterocycles. The van der Waals surface area contributed by atoms with Gasteiger partial charge in [-0.3, -0.25) is 9.59 Å². The molecule has 58 heavy (non-hydrogen) atoms. The van der Waals surface area contributed by atoms with Gasteiger partial charge in [0.25, 0.3) is 0 Å². The minimum Gasteiger partial charge on any atom is -0.453 e. The first-order valence-corrected chi connectivity index (χ1v) is 20.6. The van der Waals surface area contributed by atoms with Crippen molar-refractivity contribution in [1.82, 2.24) is 40.4 Å². The van der Waals surface area contributed by atoms with Gasteiger partial charge in [-0.2, -0.15) is 0 Å². The molecule has 2 aliphatic heterocycles. The number of aromatic amines is 2. The Balaban J connectivity index is 0.915. The van der Waals surface area contributed by atoms with Crippen LogP contribution in [0.1, 0.15) is 87.9 Å². The van der Waals surface area contributed by atoms with Crippen molar-refractivity contribution in [1.29, 1.82) is 0 Å². The summed E-state index contributed by atoms with van der Waals surface area (Å²) in [5.74, 6) is 1.41. The first kappa shape index (κ1) is 38.9. The summed E-state index contributed by atoms with van der Waals surface area (Å²) in [7, 11) is 2.64. The first-order chi connectivity index (χ1) is 28.3. The van der Waals surface area contributed by atoms with E-state index >= 15 is 0 Å². The fraction of sp³-hybridized carbons (Fsp3) is 0.455. The van der Waals surface area contributed by atoms with Crippen molar-refractivity contribution in [3.8, 4) is 33.6 Å². The first-order valence-electron chi connectivity index (χ1n) is 20.6. The van der Waals surface area contributed by atoms with Gasteiger partial charge in [-0.05, 0) is 72.6 Å². The minimum atomic E-state index is -0.636. The number of ether oxygens (including phenoxy) is 2. The van der Waals surface area contributed by atoms with Crippen LogP contribution in [0.2, 0.25) is 0 Å². The van der Waals surface area contributed by atoms with Gasteiger partial charge in [-0.1, -0.05) is 86.4 Å². The minimum absolute atomic E-state index is 0.0653. The van der Waals surface area contributed by atoms with Crippen LogP contribution < -0.4 is 10.6 Å². The normalized spacial score (nSPS) is 20.7. The van der Waals surface area contributed by atoms with E-state index in [9.17, 15) is 19.2 Å². The fourth-order valence-corrected chi connectivity index (χ4v) is 9.35. The number of alkyl carbamates (subject to hydrolysis) is 2. The summed E-state index contributed by atoms with van der Waals surface area (Å²) in [4.78, 5) is 72.1. The number of hydrogen-bond acceptors (Lipinski definition) is 8. The van der Waals surface area contributed by atoms with Gasteiger partial charge in [0.05, 0.1) is 44.0 Å². The topological polar surface area (TPSA) is 175 Å². The average Bonchev–Trinajstić information content (AvgIpc) is 4.11. The third-order valence-corrected chi connectivity index (χ3v) is 12.5. The molecule has 4 amide bonds. The van der Waals surface area contributed by atoms with Gasteiger partial charge in [0.2, 0.25) is 11.8 Å². The second kappa shape index (κ2) is 17.3. The van der Waals surface area contributed by atoms with Crippen LogP contribution in [0.3, 0.4) is 0 Å². The number of rotatable bonds is 11. The number of nitrogens with one attached hydrogen (secondary N) is 4. The summed E-state index contributed by atoms with van der Waals surface area (Å²) in [5.41, 5.74) is 5.79. The number of methoxy groups -OCH3 is 2. The van der Waals surface area contributed by atoms with Crippen molar-refractivity contribution < 1.29 is 28.7 Å². The molecule has 4 N–H and O–H groups in total. The Morgan fingerprint density at radius 1 is 0.638 bits per heavy atom. The molecule has 0 unspecified atom stereocenters. The number of hydrogen-bond donors (Lipinski definition) is 4. The molecule has 304 valence electrons. The van der Waals surface area contributed by atoms with Crippen LogP contribution in [-0.2, 0) is 19.1 Å². The molecule has 1 saturated heterocycles. The predicted molar refractivity (Wildman–Crippen MR) is 217 cm³/mol. The van der Waals surface area contributed by atoms with Crippen LogP contribution in [0.5, 0.6) is 0 Å². The smallest absolute Gasteiger partial charge is 0.407 e. The van der Waals surface area contributed by atoms with E-state index < -0.39 is 24.3 Å². The van der Waals surface area contributed by atoms with E-state index in [0.29, 0.717) is 18.9 Å². The zero-order chi connectivity index (χ0) is 40.2. The molecule has 14 nitrogen and oxygen atoms in total. The Hall–Kier alpha value is -5.92. The molecule has 8 rings (SSSR count). The maximum absolute atomic E-state index is 13.9. The average molecular weight is 789 g/mol. The second-order valence-electron chi connectivity index (χ2n) is 15.9. The number of nitrogens with zero attached hydrogens (tertiary/aromatic N) is 4. The maximum Gasteiger partial charge on any atom is 0.407 e. The number of carbonyl (C=O) groups is 4. The molecule has 0 spiro atoms. The molecule has 4 aliphatic rings. The standard InChI is InChI=1S/C44H52N8O6/c1-57-43(55)49-37(31-9-3-4-10-31)41(53)51-23-7-13-35(51)39-45-25-33(47-39)29-19-15-27(16-20-29)28-17-21-30(22-18-28)34-26-46-40(48-34)36-14-8-24-52(36)42(54)38(50-44(56)58-2)32-11-5-6-12-32/h7,13,15-22,25-26,31-32,35-38H,3-6,8-12,14,23-24H2,1-2H3,(H,45,47)(H,46,48)(H,49,55)(H,50,56)/t35-,36-,37-,38-/m0/s1. The Bertz CT molecular complexity index is 2110. The zero-order valence-corrected chi connectivity index (χ0v) is 33.1. The monoisotopic (exact) mass is 788 g/mol. The van der Waals surface area contributed by atoms with Gasteiger partial charge in [0.15, 0.2) is 0 Å². The molecule has 2 aliphatic carbocycles. The van der Waals surface area contributed by atoms with Crippen molar-refractivity contribution in [3.05, 3.63) is 84.7 Å². The third-order valence-electron chi connectivity index (χ3n) is 12.5. The Morgan fingerprint density at radius 3 is 1.62 bits per heavy atom. The van der Waals surface area contributed by atoms with Gasteiger partial charge >= 0.3 is 12.2 Å². The van der Waals surface area contributed by atoms with Gasteiger partial charge < -0.3 is 39.9 Å². The molecular formula is C44H52N8O6. The quantitative estimate of drug-likeness (QED) is 0.117. The molecule has 2 aromatic carbocycles. The summed E-state index contributed by atoms with van der Waals surface area (Å²) in [5, 5.41) is 5.65. The highest BCUT2D eigenvalue weighted by molar-refractivity contribution is 5.87. The predicted octanol–water partition coefficient (Wildman–Crippen LogP) is 7.07. The molecule has 0 radical (unpaired) electrons. The van der Waals surface area contributed by atoms with Gasteiger partial charge in [-0.25, -0.2) is 19.6 Å². The third kappa shape index (κ3) is 8.09. The lowest BCUT2D eigenvalue weighted by molar-refractivity contribution is -0.136. The molecular weight excluding hydrogens is 737 g/mol. The lowest BCUT2D eigenvalue weighted by atomic mass is 9.96. The number of H-pyrrole nitrogens is 2. The number of benzene rings is 2. The summed E-state index contributed by atoms with van der Waals surface area (Å²) in [6.07, 6.45) is 15.9. The molecule has 3 fully saturated rings. The Labute approximate surface area is 338 Å². The van der Waals surface area contributed by atoms with Crippen LogP contribution in [0, 0.1) is 11.8 Å². The number of amides is 4. The van der Waals surface area contributed by atoms with Crippen LogP contribution in [0.4, 0.5) is 9.59 Å². The van der Waals surface area contributed by atoms with Crippen molar-refractivity contribution in [2.24, 2.45) is 11.8 Å². The summed E-state index contributed by atoms with van der Waals surface area (Å²) < 4.78 is 9.71. The summed E-state index contributed by atoms with van der Waals surface area (Å²) in [6, 6.07) is 14.8. The van der Waals surface area contributed by atoms with E-state index in [4.69, 9.17) is 14.5 Å². The molecule has 2 saturated carbocycles. The van der Waals surface area contributed by atoms with Crippen LogP contribution in [0.25, 0.3) is 33.6 Å². The van der Waals surface area contributed by atoms with E-state index in [0.717, 1.165) is 104 Å². The van der Waals surface area contributed by atoms with Crippen LogP contribution in [-0.4, -0.2) is 93.1 Å². The fourth-order valence-electron chi connectivity index (χ4n) is 9.35. The Morgan fingerprint density at radius 2 is 1.10 bits per heavy atom. The molecule has 14 heteroatoms. The van der Waals surface area contributed by atoms with E-state index in [-0.39, 0.29) is 35.7 Å². The van der Waals surface area contributed by atoms with Gasteiger partial charge in [0.1, 0.15) is 29.8 Å². The highest BCUT2D eigenvalue weighted by atomic mass is 16.5. The van der Waals surface area contributed by atoms with Crippen molar-refractivity contribution in [2.45, 2.75) is 88.4 Å². The molecule has 4 heterocycles. The molecule has 0 bridgehead atoms. The Kier molecular flexibility index (Phi) is 11.6. The zero-order valence-electron chi connectivity index (χ0n) is 33.1. The van der Waals surface area contributed by atoms with E-state index in [2.05, 4.69) is 74.1 Å². The number of likely N-dealkylation sites (tertiary alicyclic amines) is 1. The SMILES string of the molecule is COC(=O)N[C@H](C(=O)N1CC=C[C@H]1c1ncc(-c2ccc(-c3ccc(-c4cnc([C@@H]5CCCN5C(=O)[C@@H](NC(=O)OC)C5CCCC5)[nH]4)cc3)cc2)[nH]1)C1CCCC1. The highest BCUT2D eigenvalue weighted by Gasteiger charge is 2.41. The largest absolute Gasteiger partial charge is 0.453 e. The van der Waals surface area contributed by atoms with Crippen molar-refractivity contribution in [3.63, 3.8) is 0 Å². The molecule has 4 atom stereocenters. The van der Waals surface area contributed by atoms with Crippen LogP contribution >= 0.6 is 0 Å². The van der Waals surface area contributed by atoms with E-state index in [1.54, 1.807) is 11.1 Å². The van der Waals surface area contributed by atoms with E-state index in [1.807, 2.05) is 23.2 Å². The maximum atomic E-state index is 13.9. The summed E-state index contributed by atoms with van der Waals surface area (Å²) in [6.45, 7) is 1.07. The van der Waals surface area contributed by atoms with Crippen molar-refractivity contribution >= 4 is 24.0 Å². The van der Waals surface area contributed by atoms with Crippen LogP contribution in [0.15, 0.2) is 73.1 Å². The second-order valence-corrected chi connectivity index (χ2v) is 15.9. The van der Waals surface area contributed by atoms with Gasteiger partial charge in [0, 0.05) is 13.1 Å². The number of imidazole rings is 2. The summed E-state index contributed by atoms with van der Waals surface area (Å²) >= 11 is 0. The number of carbonyl (C=O) groups excluding carboxylic acids is 4. The number of aromatic nitrogens is 4. The lowest BCUT2D eigenvalue weighted by Crippen LogP contribution is -2.51. The lowest BCUT2D eigenvalue weighted by Gasteiger charge is -2.31.